The summed E-state index contributed by atoms with van der Waals surface area (Å²) in [5.41, 5.74) is 12.1. The van der Waals surface area contributed by atoms with Crippen LogP contribution in [0.1, 0.15) is 18.0 Å². The molecule has 0 aromatic heterocycles. The van der Waals surface area contributed by atoms with E-state index in [2.05, 4.69) is 0 Å². The third-order valence-corrected chi connectivity index (χ3v) is 2.85. The van der Waals surface area contributed by atoms with Crippen molar-refractivity contribution in [3.05, 3.63) is 21.3 Å². The molecule has 14 heavy (non-hydrogen) atoms. The summed E-state index contributed by atoms with van der Waals surface area (Å²) in [5, 5.41) is 18.1. The summed E-state index contributed by atoms with van der Waals surface area (Å²) in [6.07, 6.45) is 0.160. The number of hydrogen-bond donors (Lipinski definition) is 3. The zero-order valence-electron chi connectivity index (χ0n) is 7.37. The molecule has 1 aromatic carbocycles. The fraction of sp³-hybridized carbons (Fsp3) is 0.222. The van der Waals surface area contributed by atoms with Crippen LogP contribution in [0.3, 0.4) is 0 Å². The third-order valence-electron chi connectivity index (χ3n) is 1.91. The normalized spacial score (nSPS) is 12.1. The van der Waals surface area contributed by atoms with Gasteiger partial charge in [-0.3, -0.25) is 0 Å². The molecular formula is C9H10IN3O. The van der Waals surface area contributed by atoms with Gasteiger partial charge in [-0.05, 0) is 28.7 Å². The quantitative estimate of drug-likeness (QED) is 0.438. The van der Waals surface area contributed by atoms with Crippen LogP contribution in [0.15, 0.2) is 12.1 Å². The van der Waals surface area contributed by atoms with Crippen LogP contribution in [-0.4, -0.2) is 5.11 Å². The molecule has 0 fully saturated rings. The number of nitrogen functional groups attached to an aromatic ring is 1. The van der Waals surface area contributed by atoms with Gasteiger partial charge in [0.05, 0.1) is 18.2 Å². The predicted octanol–water partition coefficient (Wildman–Crippen LogP) is 1.49. The molecule has 0 saturated carbocycles. The molecule has 5 N–H and O–H groups in total. The SMILES string of the molecule is N#CC[C@@H](N)c1ccc(I)c(N)c1O. The smallest absolute Gasteiger partial charge is 0.144 e. The highest BCUT2D eigenvalue weighted by Gasteiger charge is 2.14. The molecule has 74 valence electrons. The fourth-order valence-electron chi connectivity index (χ4n) is 1.11. The molecule has 1 aromatic rings. The number of phenolic OH excluding ortho intramolecular Hbond substituents is 1. The monoisotopic (exact) mass is 303 g/mol. The summed E-state index contributed by atoms with van der Waals surface area (Å²) in [4.78, 5) is 0. The molecule has 0 unspecified atom stereocenters. The second kappa shape index (κ2) is 4.48. The van der Waals surface area contributed by atoms with Crippen molar-refractivity contribution in [1.82, 2.24) is 0 Å². The van der Waals surface area contributed by atoms with Crippen molar-refractivity contribution in [2.24, 2.45) is 5.73 Å². The van der Waals surface area contributed by atoms with Crippen LogP contribution in [0.5, 0.6) is 5.75 Å². The van der Waals surface area contributed by atoms with E-state index in [4.69, 9.17) is 16.7 Å². The highest BCUT2D eigenvalue weighted by atomic mass is 127. The maximum Gasteiger partial charge on any atom is 0.144 e. The minimum Gasteiger partial charge on any atom is -0.505 e. The Bertz CT molecular complexity index is 386. The van der Waals surface area contributed by atoms with Gasteiger partial charge in [-0.25, -0.2) is 0 Å². The van der Waals surface area contributed by atoms with Crippen LogP contribution in [-0.2, 0) is 0 Å². The second-order valence-electron chi connectivity index (χ2n) is 2.87. The molecule has 0 amide bonds. The van der Waals surface area contributed by atoms with E-state index in [1.807, 2.05) is 28.7 Å². The van der Waals surface area contributed by atoms with Crippen LogP contribution in [0, 0.1) is 14.9 Å². The van der Waals surface area contributed by atoms with Crippen molar-refractivity contribution in [3.8, 4) is 11.8 Å². The van der Waals surface area contributed by atoms with Crippen molar-refractivity contribution in [1.29, 1.82) is 5.26 Å². The van der Waals surface area contributed by atoms with E-state index in [0.29, 0.717) is 11.3 Å². The molecule has 0 bridgehead atoms. The third kappa shape index (κ3) is 2.08. The number of phenols is 1. The molecule has 0 aliphatic heterocycles. The van der Waals surface area contributed by atoms with E-state index in [-0.39, 0.29) is 12.2 Å². The summed E-state index contributed by atoms with van der Waals surface area (Å²) in [6.45, 7) is 0. The van der Waals surface area contributed by atoms with Gasteiger partial charge in [0.15, 0.2) is 0 Å². The predicted molar refractivity (Wildman–Crippen MR) is 62.4 cm³/mol. The maximum absolute atomic E-state index is 9.66. The summed E-state index contributed by atoms with van der Waals surface area (Å²) in [6, 6.07) is 4.92. The first kappa shape index (κ1) is 11.1. The molecule has 4 nitrogen and oxygen atoms in total. The highest BCUT2D eigenvalue weighted by Crippen LogP contribution is 2.33. The summed E-state index contributed by atoms with van der Waals surface area (Å²) in [5.74, 6) is -0.0142. The average molecular weight is 303 g/mol. The van der Waals surface area contributed by atoms with Gasteiger partial charge >= 0.3 is 0 Å². The van der Waals surface area contributed by atoms with Gasteiger partial charge in [-0.15, -0.1) is 0 Å². The zero-order chi connectivity index (χ0) is 10.7. The van der Waals surface area contributed by atoms with Crippen molar-refractivity contribution in [2.45, 2.75) is 12.5 Å². The van der Waals surface area contributed by atoms with Gasteiger partial charge in [0.25, 0.3) is 0 Å². The number of anilines is 1. The minimum atomic E-state index is -0.487. The summed E-state index contributed by atoms with van der Waals surface area (Å²) < 4.78 is 0.771. The lowest BCUT2D eigenvalue weighted by Crippen LogP contribution is -2.10. The topological polar surface area (TPSA) is 96.1 Å². The first-order valence-electron chi connectivity index (χ1n) is 3.97. The Kier molecular flexibility index (Phi) is 3.55. The Hall–Kier alpha value is -1.00. The van der Waals surface area contributed by atoms with Gasteiger partial charge in [0.2, 0.25) is 0 Å². The number of nitriles is 1. The van der Waals surface area contributed by atoms with E-state index in [9.17, 15) is 5.11 Å². The number of hydrogen-bond acceptors (Lipinski definition) is 4. The van der Waals surface area contributed by atoms with Gasteiger partial charge in [-0.1, -0.05) is 6.07 Å². The van der Waals surface area contributed by atoms with Crippen LogP contribution in [0.4, 0.5) is 5.69 Å². The molecule has 0 spiro atoms. The molecule has 1 rings (SSSR count). The number of benzene rings is 1. The minimum absolute atomic E-state index is 0.0142. The van der Waals surface area contributed by atoms with Gasteiger partial charge in [0.1, 0.15) is 5.75 Å². The molecule has 0 radical (unpaired) electrons. The molecule has 0 aliphatic rings. The Morgan fingerprint density at radius 2 is 2.21 bits per heavy atom. The molecule has 0 aliphatic carbocycles. The lowest BCUT2D eigenvalue weighted by atomic mass is 10.0. The molecule has 1 atom stereocenters. The number of rotatable bonds is 2. The first-order chi connectivity index (χ1) is 6.57. The van der Waals surface area contributed by atoms with Crippen molar-refractivity contribution in [3.63, 3.8) is 0 Å². The standard InChI is InChI=1S/C9H10IN3O/c10-6-2-1-5(7(12)3-4-11)9(14)8(6)13/h1-2,7,14H,3,12-13H2/t7-/m1/s1. The van der Waals surface area contributed by atoms with E-state index >= 15 is 0 Å². The van der Waals surface area contributed by atoms with E-state index < -0.39 is 6.04 Å². The molecule has 0 heterocycles. The van der Waals surface area contributed by atoms with E-state index in [1.165, 1.54) is 0 Å². The lowest BCUT2D eigenvalue weighted by Gasteiger charge is -2.12. The average Bonchev–Trinajstić information content (AvgIpc) is 2.15. The first-order valence-corrected chi connectivity index (χ1v) is 5.05. The van der Waals surface area contributed by atoms with Crippen LogP contribution in [0.2, 0.25) is 0 Å². The number of nitrogens with two attached hydrogens (primary N) is 2. The second-order valence-corrected chi connectivity index (χ2v) is 4.03. The van der Waals surface area contributed by atoms with Gasteiger partial charge < -0.3 is 16.6 Å². The lowest BCUT2D eigenvalue weighted by molar-refractivity contribution is 0.464. The van der Waals surface area contributed by atoms with Crippen LogP contribution in [0.25, 0.3) is 0 Å². The Morgan fingerprint density at radius 1 is 1.57 bits per heavy atom. The molecule has 5 heteroatoms. The molecule has 0 saturated heterocycles. The number of aromatic hydroxyl groups is 1. The van der Waals surface area contributed by atoms with Gasteiger partial charge in [0, 0.05) is 15.2 Å². The largest absolute Gasteiger partial charge is 0.505 e. The Morgan fingerprint density at radius 3 is 2.79 bits per heavy atom. The van der Waals surface area contributed by atoms with Crippen molar-refractivity contribution < 1.29 is 5.11 Å². The molecular weight excluding hydrogens is 293 g/mol. The van der Waals surface area contributed by atoms with Crippen LogP contribution < -0.4 is 11.5 Å². The number of halogens is 1. The number of nitrogens with zero attached hydrogens (tertiary/aromatic N) is 1. The fourth-order valence-corrected chi connectivity index (χ4v) is 1.54. The van der Waals surface area contributed by atoms with Crippen molar-refractivity contribution in [2.75, 3.05) is 5.73 Å². The van der Waals surface area contributed by atoms with E-state index in [0.717, 1.165) is 3.57 Å². The van der Waals surface area contributed by atoms with Gasteiger partial charge in [-0.2, -0.15) is 5.26 Å². The Labute approximate surface area is 95.7 Å². The van der Waals surface area contributed by atoms with Crippen molar-refractivity contribution >= 4 is 28.3 Å². The summed E-state index contributed by atoms with van der Waals surface area (Å²) >= 11 is 2.02. The zero-order valence-corrected chi connectivity index (χ0v) is 9.52. The summed E-state index contributed by atoms with van der Waals surface area (Å²) in [7, 11) is 0. The van der Waals surface area contributed by atoms with Crippen LogP contribution >= 0.6 is 22.6 Å². The van der Waals surface area contributed by atoms with E-state index in [1.54, 1.807) is 12.1 Å². The maximum atomic E-state index is 9.66. The highest BCUT2D eigenvalue weighted by molar-refractivity contribution is 14.1. The Balaban J connectivity index is 3.12.